The van der Waals surface area contributed by atoms with Gasteiger partial charge in [0.05, 0.1) is 16.0 Å². The van der Waals surface area contributed by atoms with Crippen molar-refractivity contribution in [2.24, 2.45) is 5.10 Å². The van der Waals surface area contributed by atoms with Gasteiger partial charge in [0.1, 0.15) is 0 Å². The van der Waals surface area contributed by atoms with Crippen LogP contribution in [0.25, 0.3) is 5.78 Å². The Morgan fingerprint density at radius 1 is 1.42 bits per heavy atom. The van der Waals surface area contributed by atoms with Crippen LogP contribution in [0.2, 0.25) is 0 Å². The van der Waals surface area contributed by atoms with Crippen LogP contribution in [-0.4, -0.2) is 36.6 Å². The Hall–Kier alpha value is -3.21. The van der Waals surface area contributed by atoms with Crippen LogP contribution in [-0.2, 0) is 0 Å². The number of nitrogens with zero attached hydrogens (tertiary/aromatic N) is 6. The highest BCUT2D eigenvalue weighted by Gasteiger charge is 2.14. The van der Waals surface area contributed by atoms with Gasteiger partial charge in [0.2, 0.25) is 5.82 Å². The second-order valence-electron chi connectivity index (χ2n) is 4.82. The highest BCUT2D eigenvalue weighted by molar-refractivity contribution is 7.16. The molecule has 0 saturated carbocycles. The van der Waals surface area contributed by atoms with Crippen LogP contribution < -0.4 is 5.43 Å². The third-order valence-electron chi connectivity index (χ3n) is 2.97. The quantitative estimate of drug-likeness (QED) is 0.433. The van der Waals surface area contributed by atoms with Gasteiger partial charge >= 0.3 is 10.9 Å². The lowest BCUT2D eigenvalue weighted by Crippen LogP contribution is -2.19. The van der Waals surface area contributed by atoms with Crippen molar-refractivity contribution in [1.82, 2.24) is 25.0 Å². The van der Waals surface area contributed by atoms with E-state index in [1.54, 1.807) is 0 Å². The molecular weight excluding hydrogens is 334 g/mol. The van der Waals surface area contributed by atoms with Crippen LogP contribution >= 0.6 is 11.3 Å². The number of nitrogens with one attached hydrogen (secondary N) is 1. The van der Waals surface area contributed by atoms with E-state index >= 15 is 0 Å². The fraction of sp³-hybridized carbons (Fsp3) is 0.154. The molecule has 0 atom stereocenters. The van der Waals surface area contributed by atoms with Crippen molar-refractivity contribution in [1.29, 1.82) is 0 Å². The summed E-state index contributed by atoms with van der Waals surface area (Å²) in [5.74, 6) is -0.333. The van der Waals surface area contributed by atoms with Gasteiger partial charge in [-0.3, -0.25) is 14.9 Å². The largest absolute Gasteiger partial charge is 0.324 e. The lowest BCUT2D eigenvalue weighted by molar-refractivity contribution is -0.380. The molecule has 0 radical (unpaired) electrons. The number of carbonyl (C=O) groups excluding carboxylic acids is 1. The summed E-state index contributed by atoms with van der Waals surface area (Å²) in [6.45, 7) is 3.66. The smallest absolute Gasteiger partial charge is 0.264 e. The van der Waals surface area contributed by atoms with E-state index in [1.165, 1.54) is 22.9 Å². The number of carbonyl (C=O) groups is 1. The maximum absolute atomic E-state index is 12.0. The summed E-state index contributed by atoms with van der Waals surface area (Å²) in [5.41, 5.74) is 3.86. The number of nitro groups is 1. The summed E-state index contributed by atoms with van der Waals surface area (Å²) in [5, 5.41) is 18.4. The van der Waals surface area contributed by atoms with Gasteiger partial charge in [0.25, 0.3) is 5.78 Å². The van der Waals surface area contributed by atoms with Gasteiger partial charge in [-0.1, -0.05) is 11.3 Å². The first-order valence-electron chi connectivity index (χ1n) is 6.72. The summed E-state index contributed by atoms with van der Waals surface area (Å²) in [4.78, 5) is 30.9. The molecule has 24 heavy (non-hydrogen) atoms. The van der Waals surface area contributed by atoms with Crippen LogP contribution in [0, 0.1) is 24.0 Å². The third-order valence-corrected chi connectivity index (χ3v) is 3.94. The second-order valence-corrected chi connectivity index (χ2v) is 5.91. The second kappa shape index (κ2) is 6.12. The van der Waals surface area contributed by atoms with Crippen LogP contribution in [0.15, 0.2) is 23.3 Å². The van der Waals surface area contributed by atoms with Crippen molar-refractivity contribution in [3.8, 4) is 0 Å². The van der Waals surface area contributed by atoms with Gasteiger partial charge in [-0.05, 0) is 26.0 Å². The molecule has 0 aliphatic carbocycles. The summed E-state index contributed by atoms with van der Waals surface area (Å²) in [6, 6.07) is 4.73. The molecule has 1 N–H and O–H groups in total. The molecule has 122 valence electrons. The van der Waals surface area contributed by atoms with E-state index in [4.69, 9.17) is 0 Å². The first kappa shape index (κ1) is 15.7. The fourth-order valence-electron chi connectivity index (χ4n) is 1.98. The molecule has 0 spiro atoms. The monoisotopic (exact) mass is 345 g/mol. The zero-order valence-corrected chi connectivity index (χ0v) is 13.4. The van der Waals surface area contributed by atoms with E-state index in [-0.39, 0.29) is 10.8 Å². The molecule has 1 amide bonds. The lowest BCUT2D eigenvalue weighted by Gasteiger charge is -1.97. The molecule has 3 rings (SSSR count). The lowest BCUT2D eigenvalue weighted by atomic mass is 10.4. The van der Waals surface area contributed by atoms with Crippen LogP contribution in [0.4, 0.5) is 5.00 Å². The highest BCUT2D eigenvalue weighted by atomic mass is 32.1. The van der Waals surface area contributed by atoms with Gasteiger partial charge in [0, 0.05) is 17.5 Å². The van der Waals surface area contributed by atoms with Gasteiger partial charge in [0.15, 0.2) is 0 Å². The van der Waals surface area contributed by atoms with E-state index < -0.39 is 10.8 Å². The average molecular weight is 345 g/mol. The number of thiophene rings is 1. The molecule has 3 aromatic rings. The maximum Gasteiger partial charge on any atom is 0.324 e. The van der Waals surface area contributed by atoms with Crippen molar-refractivity contribution in [2.75, 3.05) is 0 Å². The summed E-state index contributed by atoms with van der Waals surface area (Å²) < 4.78 is 1.47. The molecule has 3 heterocycles. The number of fused-ring (bicyclic) bond motifs is 1. The number of hydrazone groups is 1. The molecule has 0 aliphatic heterocycles. The Labute approximate surface area is 139 Å². The van der Waals surface area contributed by atoms with Gasteiger partial charge in [-0.15, -0.1) is 5.10 Å². The Morgan fingerprint density at radius 2 is 2.21 bits per heavy atom. The Balaban J connectivity index is 1.73. The van der Waals surface area contributed by atoms with Crippen LogP contribution in [0.3, 0.4) is 0 Å². The van der Waals surface area contributed by atoms with E-state index in [9.17, 15) is 14.9 Å². The predicted octanol–water partition coefficient (Wildman–Crippen LogP) is 1.47. The topological polar surface area (TPSA) is 128 Å². The van der Waals surface area contributed by atoms with Crippen molar-refractivity contribution in [2.45, 2.75) is 13.8 Å². The average Bonchev–Trinajstić information content (AvgIpc) is 3.13. The standard InChI is InChI=1S/C13H11N7O3S/c1-7-5-8(2)19-13(15-7)16-11(18-19)12(21)17-14-6-9-3-4-10(24-9)20(22)23/h3-6H,1-2H3,(H,17,21)/b14-6-. The number of aryl methyl sites for hydroxylation is 2. The van der Waals surface area contributed by atoms with Gasteiger partial charge in [-0.2, -0.15) is 10.1 Å². The van der Waals surface area contributed by atoms with Gasteiger partial charge < -0.3 is 0 Å². The zero-order chi connectivity index (χ0) is 17.3. The molecule has 10 nitrogen and oxygen atoms in total. The van der Waals surface area contributed by atoms with E-state index in [1.807, 2.05) is 19.9 Å². The van der Waals surface area contributed by atoms with E-state index in [0.29, 0.717) is 10.7 Å². The first-order chi connectivity index (χ1) is 11.4. The predicted molar refractivity (Wildman–Crippen MR) is 86.3 cm³/mol. The molecule has 0 aromatic carbocycles. The third kappa shape index (κ3) is 3.10. The maximum atomic E-state index is 12.0. The molecular formula is C13H11N7O3S. The minimum absolute atomic E-state index is 0.00159. The normalized spacial score (nSPS) is 11.2. The number of rotatable bonds is 4. The molecule has 3 aromatic heterocycles. The number of hydrogen-bond acceptors (Lipinski definition) is 8. The molecule has 0 bridgehead atoms. The van der Waals surface area contributed by atoms with Crippen molar-refractivity contribution in [3.63, 3.8) is 0 Å². The number of amides is 1. The number of hydrogen-bond donors (Lipinski definition) is 1. The zero-order valence-electron chi connectivity index (χ0n) is 12.6. The SMILES string of the molecule is Cc1cc(C)n2nc(C(=O)N/N=C\c3ccc([N+](=O)[O-])s3)nc2n1. The van der Waals surface area contributed by atoms with Crippen molar-refractivity contribution in [3.05, 3.63) is 50.4 Å². The first-order valence-corrected chi connectivity index (χ1v) is 7.54. The van der Waals surface area contributed by atoms with Gasteiger partial charge in [-0.25, -0.2) is 14.9 Å². The Morgan fingerprint density at radius 3 is 2.92 bits per heavy atom. The van der Waals surface area contributed by atoms with Crippen molar-refractivity contribution >= 4 is 34.2 Å². The van der Waals surface area contributed by atoms with Crippen LogP contribution in [0.5, 0.6) is 0 Å². The molecule has 11 heteroatoms. The van der Waals surface area contributed by atoms with E-state index in [0.717, 1.165) is 22.7 Å². The number of aromatic nitrogens is 4. The fourth-order valence-corrected chi connectivity index (χ4v) is 2.67. The summed E-state index contributed by atoms with van der Waals surface area (Å²) >= 11 is 0.951. The minimum Gasteiger partial charge on any atom is -0.264 e. The molecule has 0 aliphatic rings. The minimum atomic E-state index is -0.597. The van der Waals surface area contributed by atoms with E-state index in [2.05, 4.69) is 25.6 Å². The molecule has 0 saturated heterocycles. The van der Waals surface area contributed by atoms with Crippen molar-refractivity contribution < 1.29 is 9.72 Å². The Bertz CT molecular complexity index is 975. The molecule has 0 fully saturated rings. The Kier molecular flexibility index (Phi) is 4.00. The summed E-state index contributed by atoms with van der Waals surface area (Å²) in [7, 11) is 0. The highest BCUT2D eigenvalue weighted by Crippen LogP contribution is 2.22. The summed E-state index contributed by atoms with van der Waals surface area (Å²) in [6.07, 6.45) is 1.32. The van der Waals surface area contributed by atoms with Crippen LogP contribution in [0.1, 0.15) is 26.9 Å². The molecule has 0 unspecified atom stereocenters.